The van der Waals surface area contributed by atoms with Crippen molar-refractivity contribution in [2.24, 2.45) is 11.8 Å². The van der Waals surface area contributed by atoms with Gasteiger partial charge >= 0.3 is 0 Å². The molecule has 0 bridgehead atoms. The molecule has 0 radical (unpaired) electrons. The third-order valence-corrected chi connectivity index (χ3v) is 9.42. The van der Waals surface area contributed by atoms with E-state index in [-0.39, 0.29) is 18.3 Å². The van der Waals surface area contributed by atoms with Crippen LogP contribution in [0.4, 0.5) is 0 Å². The lowest BCUT2D eigenvalue weighted by atomic mass is 9.76. The summed E-state index contributed by atoms with van der Waals surface area (Å²) in [5, 5.41) is 17.3. The fourth-order valence-electron chi connectivity index (χ4n) is 7.11. The largest absolute Gasteiger partial charge is 0.461 e. The summed E-state index contributed by atoms with van der Waals surface area (Å²) in [6.45, 7) is 13.4. The van der Waals surface area contributed by atoms with Crippen molar-refractivity contribution in [3.63, 3.8) is 0 Å². The number of furan rings is 2. The van der Waals surface area contributed by atoms with E-state index in [1.54, 1.807) is 0 Å². The number of hydrogen-bond donors (Lipinski definition) is 2. The second kappa shape index (κ2) is 13.3. The van der Waals surface area contributed by atoms with Crippen LogP contribution in [0.2, 0.25) is 0 Å². The first kappa shape index (κ1) is 31.3. The molecule has 0 amide bonds. The Hall–Kier alpha value is -3.09. The smallest absolute Gasteiger partial charge is 0.140 e. The Morgan fingerprint density at radius 2 is 1.56 bits per heavy atom. The van der Waals surface area contributed by atoms with Crippen molar-refractivity contribution in [1.29, 1.82) is 0 Å². The first-order valence-electron chi connectivity index (χ1n) is 15.5. The molecule has 2 aliphatic heterocycles. The van der Waals surface area contributed by atoms with Gasteiger partial charge in [-0.25, -0.2) is 0 Å². The zero-order chi connectivity index (χ0) is 29.3. The lowest BCUT2D eigenvalue weighted by molar-refractivity contribution is -0.0722. The number of nitrogens with one attached hydrogen (secondary N) is 1. The Kier molecular flexibility index (Phi) is 9.67. The van der Waals surface area contributed by atoms with Gasteiger partial charge in [0.1, 0.15) is 22.7 Å². The van der Waals surface area contributed by atoms with Crippen LogP contribution in [0.5, 0.6) is 0 Å². The number of hydrogen-bond acceptors (Lipinski definition) is 5. The Balaban J connectivity index is 0.000000179. The van der Waals surface area contributed by atoms with Gasteiger partial charge in [-0.3, -0.25) is 4.90 Å². The van der Waals surface area contributed by atoms with Crippen molar-refractivity contribution in [3.8, 4) is 0 Å². The molecule has 6 heteroatoms. The van der Waals surface area contributed by atoms with Crippen LogP contribution in [0.25, 0.3) is 21.9 Å². The van der Waals surface area contributed by atoms with E-state index < -0.39 is 5.60 Å². The average molecular weight is 601 g/mol. The van der Waals surface area contributed by atoms with Gasteiger partial charge in [0, 0.05) is 41.9 Å². The summed E-state index contributed by atoms with van der Waals surface area (Å²) >= 11 is 0. The quantitative estimate of drug-likeness (QED) is 0.217. The Labute approximate surface area is 261 Å². The number of aryl methyl sites for hydroxylation is 2. The molecule has 2 fully saturated rings. The van der Waals surface area contributed by atoms with Crippen molar-refractivity contribution >= 4 is 34.3 Å². The Morgan fingerprint density at radius 1 is 0.884 bits per heavy atom. The van der Waals surface area contributed by atoms with E-state index in [0.717, 1.165) is 72.8 Å². The fourth-order valence-corrected chi connectivity index (χ4v) is 7.11. The van der Waals surface area contributed by atoms with Crippen LogP contribution >= 0.6 is 12.4 Å². The summed E-state index contributed by atoms with van der Waals surface area (Å²) in [6.07, 6.45) is 1.93. The highest BCUT2D eigenvalue weighted by atomic mass is 35.5. The van der Waals surface area contributed by atoms with Gasteiger partial charge in [0.05, 0.1) is 5.60 Å². The summed E-state index contributed by atoms with van der Waals surface area (Å²) in [6, 6.07) is 27.3. The topological polar surface area (TPSA) is 61.8 Å². The van der Waals surface area contributed by atoms with Crippen molar-refractivity contribution in [2.75, 3.05) is 26.2 Å². The first-order chi connectivity index (χ1) is 20.3. The lowest BCUT2D eigenvalue weighted by Gasteiger charge is -2.43. The second-order valence-electron chi connectivity index (χ2n) is 12.6. The maximum atomic E-state index is 11.5. The molecule has 2 aliphatic rings. The molecule has 2 aromatic heterocycles. The van der Waals surface area contributed by atoms with Crippen LogP contribution < -0.4 is 5.32 Å². The van der Waals surface area contributed by atoms with Gasteiger partial charge < -0.3 is 19.3 Å². The van der Waals surface area contributed by atoms with Crippen molar-refractivity contribution in [3.05, 3.63) is 107 Å². The summed E-state index contributed by atoms with van der Waals surface area (Å²) in [4.78, 5) is 2.43. The molecule has 4 heterocycles. The molecule has 7 rings (SSSR count). The third kappa shape index (κ3) is 6.56. The minimum absolute atomic E-state index is 0. The summed E-state index contributed by atoms with van der Waals surface area (Å²) in [5.41, 5.74) is 4.75. The van der Waals surface area contributed by atoms with E-state index in [0.29, 0.717) is 11.8 Å². The first-order valence-corrected chi connectivity index (χ1v) is 15.5. The summed E-state index contributed by atoms with van der Waals surface area (Å²) < 4.78 is 11.8. The van der Waals surface area contributed by atoms with Gasteiger partial charge in [-0.2, -0.15) is 0 Å². The van der Waals surface area contributed by atoms with Gasteiger partial charge in [-0.15, -0.1) is 12.4 Å². The van der Waals surface area contributed by atoms with Gasteiger partial charge in [0.15, 0.2) is 0 Å². The maximum absolute atomic E-state index is 11.5. The summed E-state index contributed by atoms with van der Waals surface area (Å²) in [7, 11) is 0. The number of benzene rings is 3. The van der Waals surface area contributed by atoms with Gasteiger partial charge in [0.2, 0.25) is 0 Å². The Bertz CT molecular complexity index is 1640. The average Bonchev–Trinajstić information content (AvgIpc) is 3.57. The predicted molar refractivity (Wildman–Crippen MR) is 178 cm³/mol. The number of fused-ring (bicyclic) bond motifs is 2. The van der Waals surface area contributed by atoms with Crippen LogP contribution in [0.1, 0.15) is 60.8 Å². The molecule has 5 aromatic rings. The van der Waals surface area contributed by atoms with Crippen LogP contribution in [-0.2, 0) is 12.1 Å². The van der Waals surface area contributed by atoms with Crippen LogP contribution in [-0.4, -0.2) is 36.2 Å². The van der Waals surface area contributed by atoms with Gasteiger partial charge in [-0.05, 0) is 74.9 Å². The van der Waals surface area contributed by atoms with Crippen molar-refractivity contribution in [2.45, 2.75) is 58.6 Å². The van der Waals surface area contributed by atoms with Crippen LogP contribution in [0.3, 0.4) is 0 Å². The monoisotopic (exact) mass is 600 g/mol. The number of piperidine rings is 2. The van der Waals surface area contributed by atoms with E-state index in [1.807, 2.05) is 44.2 Å². The second-order valence-corrected chi connectivity index (χ2v) is 12.6. The molecule has 4 atom stereocenters. The molecule has 43 heavy (non-hydrogen) atoms. The van der Waals surface area contributed by atoms with Crippen molar-refractivity contribution < 1.29 is 13.9 Å². The minimum atomic E-state index is -0.836. The number of nitrogens with zero attached hydrogens (tertiary/aromatic N) is 1. The van der Waals surface area contributed by atoms with E-state index in [2.05, 4.69) is 72.6 Å². The highest BCUT2D eigenvalue weighted by Crippen LogP contribution is 2.41. The molecule has 5 nitrogen and oxygen atoms in total. The molecule has 3 aromatic carbocycles. The SMILES string of the molecule is Cc1cc2cccc(C3(O)CCN(Cc4ccccc4)CC3C)c2o1.Cc1cc2cccc([C@H]3CCNC[C@H]3C)c2o1.Cl. The van der Waals surface area contributed by atoms with Crippen LogP contribution in [0.15, 0.2) is 87.7 Å². The van der Waals surface area contributed by atoms with Gasteiger partial charge in [0.25, 0.3) is 0 Å². The van der Waals surface area contributed by atoms with Crippen LogP contribution in [0, 0.1) is 25.7 Å². The predicted octanol–water partition coefficient (Wildman–Crippen LogP) is 8.35. The molecule has 0 saturated carbocycles. The lowest BCUT2D eigenvalue weighted by Crippen LogP contribution is -2.48. The van der Waals surface area contributed by atoms with Crippen molar-refractivity contribution in [1.82, 2.24) is 10.2 Å². The maximum Gasteiger partial charge on any atom is 0.140 e. The Morgan fingerprint density at radius 3 is 2.26 bits per heavy atom. The summed E-state index contributed by atoms with van der Waals surface area (Å²) in [5.74, 6) is 3.35. The molecular weight excluding hydrogens is 556 g/mol. The zero-order valence-corrected chi connectivity index (χ0v) is 26.6. The number of aliphatic hydroxyl groups is 1. The van der Waals surface area contributed by atoms with E-state index in [9.17, 15) is 5.11 Å². The minimum Gasteiger partial charge on any atom is -0.461 e. The number of halogens is 1. The highest BCUT2D eigenvalue weighted by Gasteiger charge is 2.42. The third-order valence-electron chi connectivity index (χ3n) is 9.42. The molecule has 0 spiro atoms. The molecule has 2 saturated heterocycles. The normalized spacial score (nSPS) is 24.3. The number of likely N-dealkylation sites (tertiary alicyclic amines) is 1. The molecule has 2 N–H and O–H groups in total. The van der Waals surface area contributed by atoms with Gasteiger partial charge in [-0.1, -0.05) is 80.6 Å². The molecule has 0 aliphatic carbocycles. The van der Waals surface area contributed by atoms with E-state index in [1.165, 1.54) is 22.9 Å². The standard InChI is InChI=1S/C22H25NO2.C15H19NO.ClH/c1-16-14-23(15-18-7-4-3-5-8-18)12-11-22(16,24)20-10-6-9-19-13-17(2)25-21(19)20;1-10-9-16-7-6-13(10)14-5-3-4-12-8-11(2)17-15(12)14;/h3-10,13,16,24H,11-12,14-15H2,1-2H3;3-5,8,10,13,16H,6-7,9H2,1-2H3;1H/t;10-,13+;/m.1./s1. The number of rotatable bonds is 4. The number of para-hydroxylation sites is 2. The molecule has 2 unspecified atom stereocenters. The zero-order valence-electron chi connectivity index (χ0n) is 25.8. The molecular formula is C37H45ClN2O3. The highest BCUT2D eigenvalue weighted by molar-refractivity contribution is 5.85. The van der Waals surface area contributed by atoms with E-state index >= 15 is 0 Å². The molecule has 228 valence electrons. The van der Waals surface area contributed by atoms with E-state index in [4.69, 9.17) is 8.83 Å². The fraction of sp³-hybridized carbons (Fsp3) is 0.405.